The standard InChI is InChI=1S/C19H26N4O2/c1-4-5-17-16(21-19(24)18-13-22(3)10-11-25-18)12-20-23(17)15-8-6-14(2)7-9-15/h6-9,12,18H,4-5,10-11,13H2,1-3H3,(H,21,24)/t18-/m0/s1. The number of hydrogen-bond acceptors (Lipinski definition) is 4. The zero-order valence-electron chi connectivity index (χ0n) is 15.2. The molecule has 2 heterocycles. The van der Waals surface area contributed by atoms with E-state index in [-0.39, 0.29) is 5.91 Å². The van der Waals surface area contributed by atoms with Crippen LogP contribution in [0.25, 0.3) is 5.69 Å². The minimum Gasteiger partial charge on any atom is -0.366 e. The summed E-state index contributed by atoms with van der Waals surface area (Å²) in [7, 11) is 2.00. The number of likely N-dealkylation sites (N-methyl/N-ethyl adjacent to an activating group) is 1. The molecule has 1 fully saturated rings. The number of carbonyl (C=O) groups excluding carboxylic acids is 1. The molecule has 1 aliphatic heterocycles. The van der Waals surface area contributed by atoms with E-state index in [2.05, 4.69) is 41.3 Å². The van der Waals surface area contributed by atoms with Crippen LogP contribution in [0.15, 0.2) is 30.5 Å². The minimum atomic E-state index is -0.434. The second-order valence-electron chi connectivity index (χ2n) is 6.61. The maximum absolute atomic E-state index is 12.6. The fraction of sp³-hybridized carbons (Fsp3) is 0.474. The Balaban J connectivity index is 1.81. The number of anilines is 1. The van der Waals surface area contributed by atoms with E-state index in [1.807, 2.05) is 23.9 Å². The summed E-state index contributed by atoms with van der Waals surface area (Å²) >= 11 is 0. The van der Waals surface area contributed by atoms with Gasteiger partial charge in [-0.15, -0.1) is 0 Å². The highest BCUT2D eigenvalue weighted by atomic mass is 16.5. The first-order valence-electron chi connectivity index (χ1n) is 8.83. The van der Waals surface area contributed by atoms with E-state index in [0.717, 1.165) is 36.5 Å². The van der Waals surface area contributed by atoms with Gasteiger partial charge in [0.05, 0.1) is 29.9 Å². The van der Waals surface area contributed by atoms with E-state index in [1.54, 1.807) is 6.20 Å². The van der Waals surface area contributed by atoms with Gasteiger partial charge in [-0.3, -0.25) is 4.79 Å². The van der Waals surface area contributed by atoms with E-state index in [4.69, 9.17) is 4.74 Å². The number of amides is 1. The normalized spacial score (nSPS) is 18.3. The molecule has 0 unspecified atom stereocenters. The number of nitrogens with one attached hydrogen (secondary N) is 1. The molecule has 1 aliphatic rings. The van der Waals surface area contributed by atoms with Gasteiger partial charge in [0.25, 0.3) is 5.91 Å². The summed E-state index contributed by atoms with van der Waals surface area (Å²) < 4.78 is 7.52. The molecule has 0 radical (unpaired) electrons. The number of ether oxygens (including phenoxy) is 1. The molecule has 0 spiro atoms. The number of nitrogens with zero attached hydrogens (tertiary/aromatic N) is 3. The zero-order chi connectivity index (χ0) is 17.8. The smallest absolute Gasteiger partial charge is 0.254 e. The topological polar surface area (TPSA) is 59.4 Å². The maximum atomic E-state index is 12.6. The fourth-order valence-corrected chi connectivity index (χ4v) is 3.01. The molecule has 1 saturated heterocycles. The predicted molar refractivity (Wildman–Crippen MR) is 98.2 cm³/mol. The number of benzene rings is 1. The van der Waals surface area contributed by atoms with E-state index in [9.17, 15) is 4.79 Å². The van der Waals surface area contributed by atoms with Gasteiger partial charge in [0.15, 0.2) is 0 Å². The van der Waals surface area contributed by atoms with E-state index in [0.29, 0.717) is 13.2 Å². The van der Waals surface area contributed by atoms with E-state index in [1.165, 1.54) is 5.56 Å². The van der Waals surface area contributed by atoms with Crippen LogP contribution >= 0.6 is 0 Å². The number of aryl methyl sites for hydroxylation is 1. The van der Waals surface area contributed by atoms with E-state index >= 15 is 0 Å². The van der Waals surface area contributed by atoms with Gasteiger partial charge in [-0.1, -0.05) is 31.0 Å². The molecule has 6 nitrogen and oxygen atoms in total. The Labute approximate surface area is 148 Å². The molecule has 0 bridgehead atoms. The fourth-order valence-electron chi connectivity index (χ4n) is 3.01. The third kappa shape index (κ3) is 4.08. The second-order valence-corrected chi connectivity index (χ2v) is 6.61. The third-order valence-electron chi connectivity index (χ3n) is 4.45. The first-order valence-corrected chi connectivity index (χ1v) is 8.83. The Morgan fingerprint density at radius 2 is 2.12 bits per heavy atom. The first-order chi connectivity index (χ1) is 12.1. The molecule has 1 amide bonds. The zero-order valence-corrected chi connectivity index (χ0v) is 15.2. The molecule has 0 aliphatic carbocycles. The van der Waals surface area contributed by atoms with Crippen molar-refractivity contribution in [3.8, 4) is 5.69 Å². The summed E-state index contributed by atoms with van der Waals surface area (Å²) in [6.07, 6.45) is 3.11. The van der Waals surface area contributed by atoms with Crippen LogP contribution in [0.5, 0.6) is 0 Å². The highest BCUT2D eigenvalue weighted by molar-refractivity contribution is 5.94. The van der Waals surface area contributed by atoms with Gasteiger partial charge in [0, 0.05) is 13.1 Å². The Morgan fingerprint density at radius 3 is 2.80 bits per heavy atom. The number of rotatable bonds is 5. The molecular formula is C19H26N4O2. The molecule has 25 heavy (non-hydrogen) atoms. The summed E-state index contributed by atoms with van der Waals surface area (Å²) in [5, 5.41) is 7.51. The molecule has 1 atom stereocenters. The summed E-state index contributed by atoms with van der Waals surface area (Å²) in [6, 6.07) is 8.23. The first kappa shape index (κ1) is 17.6. The number of carbonyl (C=O) groups is 1. The van der Waals surface area contributed by atoms with Crippen molar-refractivity contribution in [3.05, 3.63) is 41.7 Å². The lowest BCUT2D eigenvalue weighted by atomic mass is 10.2. The van der Waals surface area contributed by atoms with Crippen LogP contribution in [0.2, 0.25) is 0 Å². The van der Waals surface area contributed by atoms with Gasteiger partial charge < -0.3 is 15.0 Å². The quantitative estimate of drug-likeness (QED) is 0.906. The number of morpholine rings is 1. The number of aromatic nitrogens is 2. The average molecular weight is 342 g/mol. The lowest BCUT2D eigenvalue weighted by Gasteiger charge is -2.29. The van der Waals surface area contributed by atoms with Crippen LogP contribution in [0.1, 0.15) is 24.6 Å². The SMILES string of the molecule is CCCc1c(NC(=O)[C@@H]2CN(C)CCO2)cnn1-c1ccc(C)cc1. The van der Waals surface area contributed by atoms with Crippen LogP contribution in [0.3, 0.4) is 0 Å². The van der Waals surface area contributed by atoms with Crippen molar-refractivity contribution in [2.24, 2.45) is 0 Å². The molecule has 0 saturated carbocycles. The molecule has 3 rings (SSSR count). The van der Waals surface area contributed by atoms with Crippen molar-refractivity contribution < 1.29 is 9.53 Å². The molecule has 1 aromatic carbocycles. The van der Waals surface area contributed by atoms with Gasteiger partial charge in [-0.05, 0) is 32.5 Å². The summed E-state index contributed by atoms with van der Waals surface area (Å²) in [4.78, 5) is 14.7. The highest BCUT2D eigenvalue weighted by Crippen LogP contribution is 2.22. The van der Waals surface area contributed by atoms with Gasteiger partial charge in [-0.2, -0.15) is 5.10 Å². The lowest BCUT2D eigenvalue weighted by Crippen LogP contribution is -2.46. The monoisotopic (exact) mass is 342 g/mol. The van der Waals surface area contributed by atoms with Crippen LogP contribution < -0.4 is 5.32 Å². The van der Waals surface area contributed by atoms with Crippen LogP contribution in [-0.2, 0) is 16.0 Å². The van der Waals surface area contributed by atoms with Gasteiger partial charge in [0.1, 0.15) is 6.10 Å². The predicted octanol–water partition coefficient (Wildman–Crippen LogP) is 2.40. The number of hydrogen-bond donors (Lipinski definition) is 1. The Morgan fingerprint density at radius 1 is 1.36 bits per heavy atom. The third-order valence-corrected chi connectivity index (χ3v) is 4.45. The Kier molecular flexibility index (Phi) is 5.50. The van der Waals surface area contributed by atoms with Crippen molar-refractivity contribution in [1.82, 2.24) is 14.7 Å². The molecule has 134 valence electrons. The van der Waals surface area contributed by atoms with Gasteiger partial charge >= 0.3 is 0 Å². The van der Waals surface area contributed by atoms with Gasteiger partial charge in [0.2, 0.25) is 0 Å². The molecule has 1 N–H and O–H groups in total. The Bertz CT molecular complexity index is 724. The molecular weight excluding hydrogens is 316 g/mol. The summed E-state index contributed by atoms with van der Waals surface area (Å²) in [5.74, 6) is -0.104. The lowest BCUT2D eigenvalue weighted by molar-refractivity contribution is -0.132. The van der Waals surface area contributed by atoms with Crippen molar-refractivity contribution in [2.45, 2.75) is 32.8 Å². The summed E-state index contributed by atoms with van der Waals surface area (Å²) in [5.41, 5.74) is 4.00. The Hall–Kier alpha value is -2.18. The molecule has 1 aromatic heterocycles. The molecule has 2 aromatic rings. The van der Waals surface area contributed by atoms with Crippen LogP contribution in [0, 0.1) is 6.92 Å². The average Bonchev–Trinajstić information content (AvgIpc) is 2.98. The van der Waals surface area contributed by atoms with Crippen LogP contribution in [-0.4, -0.2) is 53.4 Å². The van der Waals surface area contributed by atoms with E-state index < -0.39 is 6.10 Å². The highest BCUT2D eigenvalue weighted by Gasteiger charge is 2.26. The van der Waals surface area contributed by atoms with Crippen molar-refractivity contribution in [3.63, 3.8) is 0 Å². The maximum Gasteiger partial charge on any atom is 0.254 e. The minimum absolute atomic E-state index is 0.104. The van der Waals surface area contributed by atoms with Crippen molar-refractivity contribution in [1.29, 1.82) is 0 Å². The van der Waals surface area contributed by atoms with Crippen molar-refractivity contribution >= 4 is 11.6 Å². The molecule has 6 heteroatoms. The second kappa shape index (κ2) is 7.80. The van der Waals surface area contributed by atoms with Crippen LogP contribution in [0.4, 0.5) is 5.69 Å². The van der Waals surface area contributed by atoms with Crippen molar-refractivity contribution in [2.75, 3.05) is 32.1 Å². The van der Waals surface area contributed by atoms with Gasteiger partial charge in [-0.25, -0.2) is 4.68 Å². The summed E-state index contributed by atoms with van der Waals surface area (Å²) in [6.45, 7) is 6.24. The largest absolute Gasteiger partial charge is 0.366 e.